The zero-order valence-corrected chi connectivity index (χ0v) is 14.2. The van der Waals surface area contributed by atoms with Crippen LogP contribution in [-0.2, 0) is 11.3 Å². The molecule has 4 N–H and O–H groups in total. The van der Waals surface area contributed by atoms with Crippen molar-refractivity contribution in [1.82, 2.24) is 10.6 Å². The number of urea groups is 1. The molecule has 2 rings (SSSR count). The molecule has 6 nitrogen and oxygen atoms in total. The van der Waals surface area contributed by atoms with E-state index >= 15 is 0 Å². The first kappa shape index (κ1) is 19.6. The summed E-state index contributed by atoms with van der Waals surface area (Å²) in [6, 6.07) is 7.44. The number of nitrogens with one attached hydrogen (secondary N) is 2. The van der Waals surface area contributed by atoms with E-state index in [0.29, 0.717) is 5.56 Å². The number of hydrogen-bond donors (Lipinski definition) is 3. The Hall–Kier alpha value is -2.75. The van der Waals surface area contributed by atoms with Gasteiger partial charge in [0.05, 0.1) is 12.5 Å². The Labute approximate surface area is 151 Å². The number of amides is 3. The fourth-order valence-electron chi connectivity index (χ4n) is 2.15. The van der Waals surface area contributed by atoms with Crippen molar-refractivity contribution in [1.29, 1.82) is 0 Å². The van der Waals surface area contributed by atoms with E-state index in [4.69, 9.17) is 5.73 Å². The Balaban J connectivity index is 1.88. The van der Waals surface area contributed by atoms with Gasteiger partial charge in [0.1, 0.15) is 5.75 Å². The molecule has 0 saturated heterocycles. The summed E-state index contributed by atoms with van der Waals surface area (Å²) in [5.74, 6) is -0.677. The van der Waals surface area contributed by atoms with E-state index in [9.17, 15) is 22.8 Å². The largest absolute Gasteiger partial charge is 0.573 e. The van der Waals surface area contributed by atoms with Gasteiger partial charge in [-0.2, -0.15) is 0 Å². The second-order valence-electron chi connectivity index (χ2n) is 5.25. The number of carbonyl (C=O) groups excluding carboxylic acids is 2. The lowest BCUT2D eigenvalue weighted by atomic mass is 10.1. The zero-order valence-electron chi connectivity index (χ0n) is 13.4. The van der Waals surface area contributed by atoms with Gasteiger partial charge in [-0.3, -0.25) is 4.79 Å². The van der Waals surface area contributed by atoms with Crippen LogP contribution in [0.2, 0.25) is 0 Å². The van der Waals surface area contributed by atoms with Gasteiger partial charge in [-0.25, -0.2) is 4.79 Å². The topological polar surface area (TPSA) is 93.5 Å². The molecule has 1 aromatic heterocycles. The van der Waals surface area contributed by atoms with Crippen LogP contribution in [0.5, 0.6) is 5.75 Å². The van der Waals surface area contributed by atoms with Crippen LogP contribution in [-0.4, -0.2) is 18.3 Å². The SMILES string of the molecule is NC(=O)N[C@@H](CC(=O)NCc1ccc(OC(F)(F)F)cc1)c1cccs1. The number of nitrogens with two attached hydrogens (primary N) is 1. The molecule has 140 valence electrons. The Bertz CT molecular complexity index is 733. The Kier molecular flexibility index (Phi) is 6.45. The van der Waals surface area contributed by atoms with Crippen LogP contribution >= 0.6 is 11.3 Å². The minimum atomic E-state index is -4.75. The van der Waals surface area contributed by atoms with Crippen molar-refractivity contribution in [3.8, 4) is 5.75 Å². The van der Waals surface area contributed by atoms with Crippen molar-refractivity contribution in [3.63, 3.8) is 0 Å². The van der Waals surface area contributed by atoms with Crippen molar-refractivity contribution < 1.29 is 27.5 Å². The Morgan fingerprint density at radius 2 is 1.88 bits per heavy atom. The van der Waals surface area contributed by atoms with E-state index in [0.717, 1.165) is 17.0 Å². The quantitative estimate of drug-likeness (QED) is 0.682. The van der Waals surface area contributed by atoms with Gasteiger partial charge in [-0.15, -0.1) is 24.5 Å². The summed E-state index contributed by atoms with van der Waals surface area (Å²) in [5.41, 5.74) is 5.73. The van der Waals surface area contributed by atoms with Gasteiger partial charge in [-0.05, 0) is 29.1 Å². The maximum absolute atomic E-state index is 12.1. The first-order chi connectivity index (χ1) is 12.2. The van der Waals surface area contributed by atoms with Gasteiger partial charge in [0.15, 0.2) is 0 Å². The predicted octanol–water partition coefficient (Wildman–Crippen LogP) is 3.06. The number of hydrogen-bond acceptors (Lipinski definition) is 4. The number of ether oxygens (including phenoxy) is 1. The molecule has 1 aromatic carbocycles. The summed E-state index contributed by atoms with van der Waals surface area (Å²) >= 11 is 1.38. The Morgan fingerprint density at radius 3 is 2.42 bits per heavy atom. The fraction of sp³-hybridized carbons (Fsp3) is 0.250. The maximum atomic E-state index is 12.1. The summed E-state index contributed by atoms with van der Waals surface area (Å²) in [5, 5.41) is 6.96. The van der Waals surface area contributed by atoms with Gasteiger partial charge in [0.2, 0.25) is 5.91 Å². The monoisotopic (exact) mass is 387 g/mol. The van der Waals surface area contributed by atoms with Crippen LogP contribution in [0, 0.1) is 0 Å². The number of alkyl halides is 3. The highest BCUT2D eigenvalue weighted by atomic mass is 32.1. The van der Waals surface area contributed by atoms with Crippen LogP contribution in [0.25, 0.3) is 0 Å². The van der Waals surface area contributed by atoms with Crippen LogP contribution < -0.4 is 21.1 Å². The number of primary amides is 1. The Morgan fingerprint density at radius 1 is 1.19 bits per heavy atom. The van der Waals surface area contributed by atoms with E-state index in [1.807, 2.05) is 5.38 Å². The van der Waals surface area contributed by atoms with E-state index in [1.165, 1.54) is 23.5 Å². The summed E-state index contributed by atoms with van der Waals surface area (Å²) < 4.78 is 40.1. The first-order valence-electron chi connectivity index (χ1n) is 7.43. The highest BCUT2D eigenvalue weighted by Crippen LogP contribution is 2.23. The minimum Gasteiger partial charge on any atom is -0.406 e. The van der Waals surface area contributed by atoms with Crippen LogP contribution in [0.15, 0.2) is 41.8 Å². The molecule has 0 aliphatic carbocycles. The van der Waals surface area contributed by atoms with Gasteiger partial charge < -0.3 is 21.1 Å². The lowest BCUT2D eigenvalue weighted by Gasteiger charge is -2.16. The maximum Gasteiger partial charge on any atom is 0.573 e. The summed E-state index contributed by atoms with van der Waals surface area (Å²) in [7, 11) is 0. The first-order valence-corrected chi connectivity index (χ1v) is 8.31. The molecule has 0 unspecified atom stereocenters. The normalized spacial score (nSPS) is 12.3. The van der Waals surface area contributed by atoms with E-state index in [1.54, 1.807) is 12.1 Å². The van der Waals surface area contributed by atoms with Crippen LogP contribution in [0.4, 0.5) is 18.0 Å². The molecule has 0 aliphatic heterocycles. The van der Waals surface area contributed by atoms with Gasteiger partial charge in [0, 0.05) is 11.4 Å². The average molecular weight is 387 g/mol. The van der Waals surface area contributed by atoms with E-state index < -0.39 is 18.4 Å². The third-order valence-electron chi connectivity index (χ3n) is 3.24. The highest BCUT2D eigenvalue weighted by Gasteiger charge is 2.30. The molecule has 0 fully saturated rings. The molecule has 0 spiro atoms. The molecule has 0 bridgehead atoms. The smallest absolute Gasteiger partial charge is 0.406 e. The lowest BCUT2D eigenvalue weighted by Crippen LogP contribution is -2.36. The second-order valence-corrected chi connectivity index (χ2v) is 6.23. The molecule has 3 amide bonds. The molecule has 1 heterocycles. The van der Waals surface area contributed by atoms with Crippen molar-refractivity contribution in [2.75, 3.05) is 0 Å². The molecular weight excluding hydrogens is 371 g/mol. The molecule has 1 atom stereocenters. The zero-order chi connectivity index (χ0) is 19.2. The summed E-state index contributed by atoms with van der Waals surface area (Å²) in [4.78, 5) is 24.0. The summed E-state index contributed by atoms with van der Waals surface area (Å²) in [6.45, 7) is 0.124. The molecule has 0 radical (unpaired) electrons. The van der Waals surface area contributed by atoms with Crippen molar-refractivity contribution >= 4 is 23.3 Å². The molecular formula is C16H16F3N3O3S. The molecule has 26 heavy (non-hydrogen) atoms. The number of benzene rings is 1. The van der Waals surface area contributed by atoms with Gasteiger partial charge in [-0.1, -0.05) is 18.2 Å². The molecule has 10 heteroatoms. The number of thiophene rings is 1. The van der Waals surface area contributed by atoms with E-state index in [-0.39, 0.29) is 24.6 Å². The van der Waals surface area contributed by atoms with E-state index in [2.05, 4.69) is 15.4 Å². The fourth-order valence-corrected chi connectivity index (χ4v) is 2.93. The summed E-state index contributed by atoms with van der Waals surface area (Å²) in [6.07, 6.45) is -4.77. The molecule has 0 aliphatic rings. The second kappa shape index (κ2) is 8.56. The highest BCUT2D eigenvalue weighted by molar-refractivity contribution is 7.10. The molecule has 0 saturated carbocycles. The average Bonchev–Trinajstić information content (AvgIpc) is 3.06. The van der Waals surface area contributed by atoms with Crippen molar-refractivity contribution in [2.45, 2.75) is 25.4 Å². The van der Waals surface area contributed by atoms with Gasteiger partial charge >= 0.3 is 12.4 Å². The van der Waals surface area contributed by atoms with Crippen molar-refractivity contribution in [3.05, 3.63) is 52.2 Å². The third-order valence-corrected chi connectivity index (χ3v) is 4.23. The number of rotatable bonds is 7. The van der Waals surface area contributed by atoms with Crippen molar-refractivity contribution in [2.24, 2.45) is 5.73 Å². The number of carbonyl (C=O) groups is 2. The van der Waals surface area contributed by atoms with Gasteiger partial charge in [0.25, 0.3) is 0 Å². The predicted molar refractivity (Wildman–Crippen MR) is 89.4 cm³/mol. The minimum absolute atomic E-state index is 0.0152. The molecule has 2 aromatic rings. The number of halogens is 3. The third kappa shape index (κ3) is 6.63. The van der Waals surface area contributed by atoms with Crippen LogP contribution in [0.3, 0.4) is 0 Å². The standard InChI is InChI=1S/C16H16F3N3O3S/c17-16(18,19)25-11-5-3-10(4-6-11)9-21-14(23)8-12(22-15(20)24)13-2-1-7-26-13/h1-7,12H,8-9H2,(H,21,23)(H3,20,22,24)/t12-/m0/s1. The lowest BCUT2D eigenvalue weighted by molar-refractivity contribution is -0.274. The van der Waals surface area contributed by atoms with Crippen LogP contribution in [0.1, 0.15) is 22.9 Å².